The van der Waals surface area contributed by atoms with Crippen molar-refractivity contribution in [2.45, 2.75) is 25.8 Å². The van der Waals surface area contributed by atoms with E-state index in [1.165, 1.54) is 0 Å². The van der Waals surface area contributed by atoms with Gasteiger partial charge in [0, 0.05) is 18.5 Å². The van der Waals surface area contributed by atoms with Gasteiger partial charge in [-0.3, -0.25) is 9.59 Å². The zero-order chi connectivity index (χ0) is 12.3. The van der Waals surface area contributed by atoms with Crippen molar-refractivity contribution < 1.29 is 9.59 Å². The predicted molar refractivity (Wildman–Crippen MR) is 64.7 cm³/mol. The van der Waals surface area contributed by atoms with E-state index in [4.69, 9.17) is 0 Å². The van der Waals surface area contributed by atoms with Crippen LogP contribution in [0.3, 0.4) is 0 Å². The molecule has 0 saturated carbocycles. The summed E-state index contributed by atoms with van der Waals surface area (Å²) in [5.41, 5.74) is 1.61. The molecule has 17 heavy (non-hydrogen) atoms. The molecule has 0 saturated heterocycles. The molecule has 0 aliphatic carbocycles. The van der Waals surface area contributed by atoms with Gasteiger partial charge >= 0.3 is 0 Å². The first-order chi connectivity index (χ1) is 8.22. The number of fused-ring (bicyclic) bond motifs is 1. The molecule has 0 fully saturated rings. The molecular formula is C13H16N2O2. The van der Waals surface area contributed by atoms with Crippen LogP contribution in [0.1, 0.15) is 29.3 Å². The van der Waals surface area contributed by atoms with E-state index in [2.05, 4.69) is 10.6 Å². The number of hydrogen-bond acceptors (Lipinski definition) is 2. The lowest BCUT2D eigenvalue weighted by Gasteiger charge is -2.24. The van der Waals surface area contributed by atoms with Gasteiger partial charge in [0.25, 0.3) is 5.91 Å². The van der Waals surface area contributed by atoms with Crippen molar-refractivity contribution in [3.63, 3.8) is 0 Å². The van der Waals surface area contributed by atoms with Crippen LogP contribution < -0.4 is 10.6 Å². The Morgan fingerprint density at radius 3 is 3.00 bits per heavy atom. The molecule has 1 aromatic rings. The maximum Gasteiger partial charge on any atom is 0.252 e. The molecule has 1 aromatic carbocycles. The number of hydrogen-bond donors (Lipinski definition) is 2. The lowest BCUT2D eigenvalue weighted by atomic mass is 9.95. The number of benzene rings is 1. The summed E-state index contributed by atoms with van der Waals surface area (Å²) in [5, 5.41) is 5.53. The van der Waals surface area contributed by atoms with E-state index in [0.717, 1.165) is 12.0 Å². The Labute approximate surface area is 100 Å². The average molecular weight is 232 g/mol. The summed E-state index contributed by atoms with van der Waals surface area (Å²) in [6.45, 7) is 2.64. The summed E-state index contributed by atoms with van der Waals surface area (Å²) in [6, 6.07) is 6.96. The second-order valence-corrected chi connectivity index (χ2v) is 4.18. The second-order valence-electron chi connectivity index (χ2n) is 4.18. The van der Waals surface area contributed by atoms with Crippen LogP contribution >= 0.6 is 0 Å². The molecule has 2 amide bonds. The minimum Gasteiger partial charge on any atom is -0.354 e. The lowest BCUT2D eigenvalue weighted by Crippen LogP contribution is -2.50. The fourth-order valence-corrected chi connectivity index (χ4v) is 1.96. The first-order valence-electron chi connectivity index (χ1n) is 5.89. The van der Waals surface area contributed by atoms with E-state index in [-0.39, 0.29) is 11.8 Å². The molecule has 2 rings (SSSR count). The zero-order valence-electron chi connectivity index (χ0n) is 9.82. The van der Waals surface area contributed by atoms with E-state index < -0.39 is 6.04 Å². The van der Waals surface area contributed by atoms with E-state index >= 15 is 0 Å². The normalized spacial score (nSPS) is 18.2. The van der Waals surface area contributed by atoms with Gasteiger partial charge in [0.1, 0.15) is 6.04 Å². The number of amides is 2. The standard InChI is InChI=1S/C13H16N2O2/c1-2-7-14-13(17)11-8-9-5-3-4-6-10(9)12(16)15-11/h3-6,11H,2,7-8H2,1H3,(H,14,17)(H,15,16). The highest BCUT2D eigenvalue weighted by molar-refractivity contribution is 6.00. The zero-order valence-corrected chi connectivity index (χ0v) is 9.82. The Kier molecular flexibility index (Phi) is 3.42. The number of carbonyl (C=O) groups excluding carboxylic acids is 2. The van der Waals surface area contributed by atoms with Gasteiger partial charge in [0.2, 0.25) is 5.91 Å². The first kappa shape index (κ1) is 11.6. The summed E-state index contributed by atoms with van der Waals surface area (Å²) < 4.78 is 0. The van der Waals surface area contributed by atoms with E-state index in [0.29, 0.717) is 18.5 Å². The molecule has 90 valence electrons. The average Bonchev–Trinajstić information content (AvgIpc) is 2.36. The quantitative estimate of drug-likeness (QED) is 0.812. The third-order valence-corrected chi connectivity index (χ3v) is 2.86. The van der Waals surface area contributed by atoms with Crippen LogP contribution in [-0.4, -0.2) is 24.4 Å². The molecule has 1 heterocycles. The van der Waals surface area contributed by atoms with Crippen molar-refractivity contribution in [2.75, 3.05) is 6.54 Å². The van der Waals surface area contributed by atoms with Crippen molar-refractivity contribution in [3.05, 3.63) is 35.4 Å². The van der Waals surface area contributed by atoms with Crippen LogP contribution in [0.5, 0.6) is 0 Å². The molecule has 0 radical (unpaired) electrons. The fraction of sp³-hybridized carbons (Fsp3) is 0.385. The van der Waals surface area contributed by atoms with Crippen molar-refractivity contribution in [2.24, 2.45) is 0 Å². The van der Waals surface area contributed by atoms with Crippen LogP contribution in [0.25, 0.3) is 0 Å². The molecule has 1 aliphatic heterocycles. The van der Waals surface area contributed by atoms with Gasteiger partial charge in [-0.05, 0) is 18.1 Å². The minimum atomic E-state index is -0.441. The van der Waals surface area contributed by atoms with Crippen molar-refractivity contribution in [3.8, 4) is 0 Å². The van der Waals surface area contributed by atoms with Crippen LogP contribution in [0.15, 0.2) is 24.3 Å². The van der Waals surface area contributed by atoms with Gasteiger partial charge in [-0.1, -0.05) is 25.1 Å². The van der Waals surface area contributed by atoms with Gasteiger partial charge in [0.15, 0.2) is 0 Å². The smallest absolute Gasteiger partial charge is 0.252 e. The summed E-state index contributed by atoms with van der Waals surface area (Å²) in [4.78, 5) is 23.6. The van der Waals surface area contributed by atoms with Crippen molar-refractivity contribution >= 4 is 11.8 Å². The predicted octanol–water partition coefficient (Wildman–Crippen LogP) is 0.867. The largest absolute Gasteiger partial charge is 0.354 e. The maximum absolute atomic E-state index is 11.8. The minimum absolute atomic E-state index is 0.102. The summed E-state index contributed by atoms with van der Waals surface area (Å²) >= 11 is 0. The fourth-order valence-electron chi connectivity index (χ4n) is 1.96. The Balaban J connectivity index is 2.11. The van der Waals surface area contributed by atoms with Gasteiger partial charge in [-0.25, -0.2) is 0 Å². The number of carbonyl (C=O) groups is 2. The molecule has 4 heteroatoms. The van der Waals surface area contributed by atoms with Crippen LogP contribution in [-0.2, 0) is 11.2 Å². The summed E-state index contributed by atoms with van der Waals surface area (Å²) in [7, 11) is 0. The molecule has 2 N–H and O–H groups in total. The Bertz CT molecular complexity index is 443. The van der Waals surface area contributed by atoms with Gasteiger partial charge in [0.05, 0.1) is 0 Å². The van der Waals surface area contributed by atoms with Gasteiger partial charge in [-0.15, -0.1) is 0 Å². The molecular weight excluding hydrogens is 216 g/mol. The van der Waals surface area contributed by atoms with E-state index in [1.807, 2.05) is 25.1 Å². The first-order valence-corrected chi connectivity index (χ1v) is 5.89. The van der Waals surface area contributed by atoms with Crippen molar-refractivity contribution in [1.29, 1.82) is 0 Å². The van der Waals surface area contributed by atoms with Crippen LogP contribution in [0.2, 0.25) is 0 Å². The van der Waals surface area contributed by atoms with Gasteiger partial charge in [-0.2, -0.15) is 0 Å². The number of nitrogens with one attached hydrogen (secondary N) is 2. The van der Waals surface area contributed by atoms with Crippen LogP contribution in [0.4, 0.5) is 0 Å². The highest BCUT2D eigenvalue weighted by Gasteiger charge is 2.28. The Morgan fingerprint density at radius 2 is 2.24 bits per heavy atom. The maximum atomic E-state index is 11.8. The SMILES string of the molecule is CCCNC(=O)C1Cc2ccccc2C(=O)N1. The summed E-state index contributed by atoms with van der Waals surface area (Å²) in [6.07, 6.45) is 1.46. The highest BCUT2D eigenvalue weighted by atomic mass is 16.2. The summed E-state index contributed by atoms with van der Waals surface area (Å²) in [5.74, 6) is -0.266. The second kappa shape index (κ2) is 4.99. The molecule has 1 unspecified atom stereocenters. The molecule has 1 aliphatic rings. The monoisotopic (exact) mass is 232 g/mol. The number of rotatable bonds is 3. The van der Waals surface area contributed by atoms with E-state index in [9.17, 15) is 9.59 Å². The van der Waals surface area contributed by atoms with Crippen LogP contribution in [0, 0.1) is 0 Å². The third kappa shape index (κ3) is 2.46. The van der Waals surface area contributed by atoms with Gasteiger partial charge < -0.3 is 10.6 Å². The molecule has 0 bridgehead atoms. The molecule has 1 atom stereocenters. The van der Waals surface area contributed by atoms with Crippen molar-refractivity contribution in [1.82, 2.24) is 10.6 Å². The highest BCUT2D eigenvalue weighted by Crippen LogP contribution is 2.16. The molecule has 0 spiro atoms. The lowest BCUT2D eigenvalue weighted by molar-refractivity contribution is -0.123. The Morgan fingerprint density at radius 1 is 1.47 bits per heavy atom. The Hall–Kier alpha value is -1.84. The molecule has 4 nitrogen and oxygen atoms in total. The topological polar surface area (TPSA) is 58.2 Å². The third-order valence-electron chi connectivity index (χ3n) is 2.86. The van der Waals surface area contributed by atoms with E-state index in [1.54, 1.807) is 6.07 Å². The molecule has 0 aromatic heterocycles.